The molecule has 1 aromatic rings. The van der Waals surface area contributed by atoms with E-state index in [1.54, 1.807) is 0 Å². The Kier molecular flexibility index (Phi) is 3.77. The molecular formula is C14H17NO3. The highest BCUT2D eigenvalue weighted by Crippen LogP contribution is 2.26. The van der Waals surface area contributed by atoms with Crippen LogP contribution >= 0.6 is 0 Å². The molecule has 0 radical (unpaired) electrons. The van der Waals surface area contributed by atoms with Gasteiger partial charge in [-0.05, 0) is 18.9 Å². The first kappa shape index (κ1) is 12.8. The van der Waals surface area contributed by atoms with Crippen molar-refractivity contribution in [3.05, 3.63) is 35.9 Å². The number of nitrogens with zero attached hydrogens (tertiary/aromatic N) is 1. The van der Waals surface area contributed by atoms with Gasteiger partial charge in [0.25, 0.3) is 0 Å². The van der Waals surface area contributed by atoms with Gasteiger partial charge in [-0.1, -0.05) is 30.3 Å². The molecule has 0 aromatic heterocycles. The molecule has 1 fully saturated rings. The van der Waals surface area contributed by atoms with Gasteiger partial charge in [-0.3, -0.25) is 14.5 Å². The van der Waals surface area contributed by atoms with Crippen molar-refractivity contribution in [1.82, 2.24) is 4.90 Å². The number of benzene rings is 1. The van der Waals surface area contributed by atoms with E-state index in [9.17, 15) is 14.7 Å². The van der Waals surface area contributed by atoms with Gasteiger partial charge in [-0.15, -0.1) is 0 Å². The van der Waals surface area contributed by atoms with Crippen molar-refractivity contribution in [3.8, 4) is 0 Å². The predicted molar refractivity (Wildman–Crippen MR) is 67.1 cm³/mol. The number of aliphatic carboxylic acids is 1. The summed E-state index contributed by atoms with van der Waals surface area (Å²) < 4.78 is 0. The Hall–Kier alpha value is -1.68. The summed E-state index contributed by atoms with van der Waals surface area (Å²) in [5.41, 5.74) is 1.08. The monoisotopic (exact) mass is 247 g/mol. The van der Waals surface area contributed by atoms with Crippen molar-refractivity contribution in [2.45, 2.75) is 25.9 Å². The number of rotatable bonds is 4. The zero-order chi connectivity index (χ0) is 13.1. The highest BCUT2D eigenvalue weighted by molar-refractivity contribution is 5.81. The molecule has 2 atom stereocenters. The van der Waals surface area contributed by atoms with Crippen LogP contribution in [0.3, 0.4) is 0 Å². The number of hydrogen-bond acceptors (Lipinski definition) is 3. The summed E-state index contributed by atoms with van der Waals surface area (Å²) in [6, 6.07) is 9.20. The van der Waals surface area contributed by atoms with Gasteiger partial charge < -0.3 is 5.11 Å². The number of carbonyl (C=O) groups is 2. The Morgan fingerprint density at radius 2 is 2.00 bits per heavy atom. The molecule has 0 saturated carbocycles. The lowest BCUT2D eigenvalue weighted by molar-refractivity contribution is -0.142. The van der Waals surface area contributed by atoms with Gasteiger partial charge in [0.15, 0.2) is 0 Å². The Balaban J connectivity index is 2.10. The van der Waals surface area contributed by atoms with E-state index >= 15 is 0 Å². The van der Waals surface area contributed by atoms with Crippen LogP contribution in [0.15, 0.2) is 30.3 Å². The molecule has 0 aliphatic carbocycles. The molecule has 1 saturated heterocycles. The number of carboxylic acid groups (broad SMARTS) is 1. The van der Waals surface area contributed by atoms with E-state index in [4.69, 9.17) is 0 Å². The summed E-state index contributed by atoms with van der Waals surface area (Å²) in [6.07, 6.45) is 0.428. The number of likely N-dealkylation sites (tertiary alicyclic amines) is 1. The van der Waals surface area contributed by atoms with Crippen molar-refractivity contribution in [1.29, 1.82) is 0 Å². The lowest BCUT2D eigenvalue weighted by Crippen LogP contribution is -2.35. The summed E-state index contributed by atoms with van der Waals surface area (Å²) >= 11 is 0. The minimum atomic E-state index is -0.838. The topological polar surface area (TPSA) is 57.6 Å². The SMILES string of the molecule is CC(=O)[C@H]1C[C@H](C(=O)O)N(Cc2ccccc2)C1. The Morgan fingerprint density at radius 1 is 1.33 bits per heavy atom. The smallest absolute Gasteiger partial charge is 0.320 e. The molecule has 0 unspecified atom stereocenters. The summed E-state index contributed by atoms with van der Waals surface area (Å²) in [5.74, 6) is -0.902. The Morgan fingerprint density at radius 3 is 2.56 bits per heavy atom. The van der Waals surface area contributed by atoms with E-state index < -0.39 is 12.0 Å². The highest BCUT2D eigenvalue weighted by Gasteiger charge is 2.38. The second-order valence-corrected chi connectivity index (χ2v) is 4.81. The summed E-state index contributed by atoms with van der Waals surface area (Å²) in [7, 11) is 0. The van der Waals surface area contributed by atoms with E-state index in [-0.39, 0.29) is 11.7 Å². The first-order valence-corrected chi connectivity index (χ1v) is 6.09. The summed E-state index contributed by atoms with van der Waals surface area (Å²) in [5, 5.41) is 9.21. The number of hydrogen-bond donors (Lipinski definition) is 1. The van der Waals surface area contributed by atoms with Crippen LogP contribution in [0, 0.1) is 5.92 Å². The standard InChI is InChI=1S/C14H17NO3/c1-10(16)12-7-13(14(17)18)15(9-12)8-11-5-3-2-4-6-11/h2-6,12-13H,7-9H2,1H3,(H,17,18)/t12-,13+/m0/s1. The lowest BCUT2D eigenvalue weighted by Gasteiger charge is -2.20. The van der Waals surface area contributed by atoms with Crippen LogP contribution in [-0.4, -0.2) is 34.3 Å². The molecule has 2 rings (SSSR count). The minimum Gasteiger partial charge on any atom is -0.480 e. The maximum absolute atomic E-state index is 11.4. The van der Waals surface area contributed by atoms with E-state index in [0.29, 0.717) is 19.5 Å². The molecule has 1 aliphatic rings. The van der Waals surface area contributed by atoms with Crippen LogP contribution < -0.4 is 0 Å². The average Bonchev–Trinajstić information content (AvgIpc) is 2.74. The molecule has 96 valence electrons. The average molecular weight is 247 g/mol. The van der Waals surface area contributed by atoms with Crippen LogP contribution in [0.5, 0.6) is 0 Å². The molecular weight excluding hydrogens is 230 g/mol. The third-order valence-corrected chi connectivity index (χ3v) is 3.49. The molecule has 1 heterocycles. The number of carboxylic acids is 1. The van der Waals surface area contributed by atoms with Crippen LogP contribution in [-0.2, 0) is 16.1 Å². The molecule has 1 aliphatic heterocycles. The summed E-state index contributed by atoms with van der Waals surface area (Å²) in [4.78, 5) is 24.5. The van der Waals surface area contributed by atoms with E-state index in [0.717, 1.165) is 5.56 Å². The molecule has 1 aromatic carbocycles. The van der Waals surface area contributed by atoms with Crippen molar-refractivity contribution < 1.29 is 14.7 Å². The second-order valence-electron chi connectivity index (χ2n) is 4.81. The third kappa shape index (κ3) is 2.76. The normalized spacial score (nSPS) is 24.1. The molecule has 0 amide bonds. The zero-order valence-corrected chi connectivity index (χ0v) is 10.4. The summed E-state index contributed by atoms with van der Waals surface area (Å²) in [6.45, 7) is 2.67. The van der Waals surface area contributed by atoms with Crippen molar-refractivity contribution in [2.24, 2.45) is 5.92 Å². The van der Waals surface area contributed by atoms with Crippen molar-refractivity contribution >= 4 is 11.8 Å². The predicted octanol–water partition coefficient (Wildman–Crippen LogP) is 1.55. The first-order valence-electron chi connectivity index (χ1n) is 6.09. The van der Waals surface area contributed by atoms with Gasteiger partial charge in [0.05, 0.1) is 0 Å². The van der Waals surface area contributed by atoms with Crippen molar-refractivity contribution in [2.75, 3.05) is 6.54 Å². The molecule has 0 bridgehead atoms. The molecule has 18 heavy (non-hydrogen) atoms. The molecule has 1 N–H and O–H groups in total. The fourth-order valence-electron chi connectivity index (χ4n) is 2.45. The van der Waals surface area contributed by atoms with Crippen molar-refractivity contribution in [3.63, 3.8) is 0 Å². The minimum absolute atomic E-state index is 0.0804. The Bertz CT molecular complexity index is 444. The van der Waals surface area contributed by atoms with Crippen LogP contribution in [0.4, 0.5) is 0 Å². The van der Waals surface area contributed by atoms with Gasteiger partial charge in [0, 0.05) is 19.0 Å². The van der Waals surface area contributed by atoms with Gasteiger partial charge >= 0.3 is 5.97 Å². The molecule has 4 nitrogen and oxygen atoms in total. The number of carbonyl (C=O) groups excluding carboxylic acids is 1. The van der Waals surface area contributed by atoms with Crippen LogP contribution in [0.1, 0.15) is 18.9 Å². The lowest BCUT2D eigenvalue weighted by atomic mass is 10.0. The fourth-order valence-corrected chi connectivity index (χ4v) is 2.45. The second kappa shape index (κ2) is 5.31. The maximum Gasteiger partial charge on any atom is 0.320 e. The zero-order valence-electron chi connectivity index (χ0n) is 10.4. The van der Waals surface area contributed by atoms with Gasteiger partial charge in [-0.25, -0.2) is 0 Å². The number of ketones is 1. The molecule has 4 heteroatoms. The van der Waals surface area contributed by atoms with E-state index in [1.807, 2.05) is 35.2 Å². The Labute approximate surface area is 106 Å². The van der Waals surface area contributed by atoms with E-state index in [2.05, 4.69) is 0 Å². The molecule has 0 spiro atoms. The number of Topliss-reactive ketones (excluding diaryl/α,β-unsaturated/α-hetero) is 1. The van der Waals surface area contributed by atoms with Crippen LogP contribution in [0.25, 0.3) is 0 Å². The fraction of sp³-hybridized carbons (Fsp3) is 0.429. The first-order chi connectivity index (χ1) is 8.58. The van der Waals surface area contributed by atoms with Gasteiger partial charge in [0.1, 0.15) is 11.8 Å². The largest absolute Gasteiger partial charge is 0.480 e. The maximum atomic E-state index is 11.4. The quantitative estimate of drug-likeness (QED) is 0.877. The van der Waals surface area contributed by atoms with Gasteiger partial charge in [-0.2, -0.15) is 0 Å². The highest BCUT2D eigenvalue weighted by atomic mass is 16.4. The third-order valence-electron chi connectivity index (χ3n) is 3.49. The van der Waals surface area contributed by atoms with E-state index in [1.165, 1.54) is 6.92 Å². The van der Waals surface area contributed by atoms with Crippen LogP contribution in [0.2, 0.25) is 0 Å². The van der Waals surface area contributed by atoms with Gasteiger partial charge in [0.2, 0.25) is 0 Å².